The average molecular weight is 396 g/mol. The quantitative estimate of drug-likeness (QED) is 0.450. The Balaban J connectivity index is 3.39. The van der Waals surface area contributed by atoms with Crippen molar-refractivity contribution in [2.75, 3.05) is 14.2 Å². The molecule has 0 saturated heterocycles. The average Bonchev–Trinajstić information content (AvgIpc) is 2.59. The number of ether oxygens (including phenoxy) is 3. The van der Waals surface area contributed by atoms with Gasteiger partial charge in [0.2, 0.25) is 0 Å². The summed E-state index contributed by atoms with van der Waals surface area (Å²) in [6, 6.07) is 4.05. The van der Waals surface area contributed by atoms with Crippen LogP contribution in [0.25, 0.3) is 0 Å². The van der Waals surface area contributed by atoms with E-state index in [-0.39, 0.29) is 11.3 Å². The van der Waals surface area contributed by atoms with Gasteiger partial charge < -0.3 is 19.5 Å². The number of hydrogen-bond donors (Lipinski definition) is 2. The van der Waals surface area contributed by atoms with Gasteiger partial charge in [-0.3, -0.25) is 5.32 Å². The molecule has 154 valence electrons. The molecular weight excluding hydrogens is 371 g/mol. The number of esters is 1. The minimum absolute atomic E-state index is 0.0784. The highest BCUT2D eigenvalue weighted by Crippen LogP contribution is 2.26. The van der Waals surface area contributed by atoms with Gasteiger partial charge in [0, 0.05) is 5.70 Å². The summed E-state index contributed by atoms with van der Waals surface area (Å²) in [5.74, 6) is -1.30. The maximum Gasteiger partial charge on any atom is 0.411 e. The van der Waals surface area contributed by atoms with Crippen LogP contribution in [0.1, 0.15) is 39.3 Å². The van der Waals surface area contributed by atoms with E-state index in [1.165, 1.54) is 31.2 Å². The Morgan fingerprint density at radius 3 is 2.04 bits per heavy atom. The van der Waals surface area contributed by atoms with Crippen molar-refractivity contribution >= 4 is 18.2 Å². The SMILES string of the molecule is COC(=O)N[C@H](/C(C(=O)OC)=C(\C)NC(=O)OC(C)(C)C)c1ccc(F)cc1. The number of halogens is 1. The lowest BCUT2D eigenvalue weighted by Gasteiger charge is -2.24. The smallest absolute Gasteiger partial charge is 0.411 e. The fraction of sp³-hybridized carbons (Fsp3) is 0.421. The summed E-state index contributed by atoms with van der Waals surface area (Å²) < 4.78 is 27.9. The molecule has 0 saturated carbocycles. The van der Waals surface area contributed by atoms with Gasteiger partial charge in [0.1, 0.15) is 11.4 Å². The summed E-state index contributed by atoms with van der Waals surface area (Å²) in [5.41, 5.74) is -0.370. The number of nitrogens with one attached hydrogen (secondary N) is 2. The molecule has 2 N–H and O–H groups in total. The standard InChI is InChI=1S/C19H25FN2O6/c1-11(21-18(25)28-19(2,3)4)14(16(23)26-5)15(22-17(24)27-6)12-7-9-13(20)10-8-12/h7-10,15H,1-6H3,(H,21,25)(H,22,24)/b14-11-/t15-/m0/s1. The van der Waals surface area contributed by atoms with Crippen LogP contribution in [-0.4, -0.2) is 38.0 Å². The molecule has 9 heteroatoms. The van der Waals surface area contributed by atoms with Crippen LogP contribution in [0.15, 0.2) is 35.5 Å². The molecule has 0 aliphatic rings. The zero-order valence-corrected chi connectivity index (χ0v) is 16.7. The summed E-state index contributed by atoms with van der Waals surface area (Å²) in [6.07, 6.45) is -1.62. The molecule has 0 unspecified atom stereocenters. The van der Waals surface area contributed by atoms with Crippen LogP contribution in [0.3, 0.4) is 0 Å². The summed E-state index contributed by atoms with van der Waals surface area (Å²) >= 11 is 0. The van der Waals surface area contributed by atoms with Gasteiger partial charge in [-0.2, -0.15) is 0 Å². The van der Waals surface area contributed by atoms with E-state index in [1.54, 1.807) is 20.8 Å². The molecule has 1 atom stereocenters. The van der Waals surface area contributed by atoms with Gasteiger partial charge in [-0.1, -0.05) is 12.1 Å². The Morgan fingerprint density at radius 2 is 1.57 bits per heavy atom. The monoisotopic (exact) mass is 396 g/mol. The normalized spacial score (nSPS) is 13.0. The topological polar surface area (TPSA) is 103 Å². The van der Waals surface area contributed by atoms with Gasteiger partial charge in [-0.15, -0.1) is 0 Å². The summed E-state index contributed by atoms with van der Waals surface area (Å²) in [6.45, 7) is 6.51. The zero-order valence-electron chi connectivity index (χ0n) is 16.7. The van der Waals surface area contributed by atoms with Gasteiger partial charge in [0.15, 0.2) is 0 Å². The van der Waals surface area contributed by atoms with Crippen molar-refractivity contribution in [3.63, 3.8) is 0 Å². The fourth-order valence-corrected chi connectivity index (χ4v) is 2.28. The molecule has 2 amide bonds. The molecule has 1 aromatic rings. The van der Waals surface area contributed by atoms with Gasteiger partial charge in [0.05, 0.1) is 25.8 Å². The van der Waals surface area contributed by atoms with Gasteiger partial charge in [-0.05, 0) is 45.4 Å². The Bertz CT molecular complexity index is 753. The van der Waals surface area contributed by atoms with Crippen LogP contribution in [-0.2, 0) is 19.0 Å². The lowest BCUT2D eigenvalue weighted by Crippen LogP contribution is -2.36. The van der Waals surface area contributed by atoms with Crippen molar-refractivity contribution in [2.24, 2.45) is 0 Å². The van der Waals surface area contributed by atoms with E-state index >= 15 is 0 Å². The van der Waals surface area contributed by atoms with Crippen LogP contribution in [0.5, 0.6) is 0 Å². The fourth-order valence-electron chi connectivity index (χ4n) is 2.28. The molecule has 0 bridgehead atoms. The Hall–Kier alpha value is -3.10. The Labute approximate surface area is 163 Å². The van der Waals surface area contributed by atoms with Gasteiger partial charge in [0.25, 0.3) is 0 Å². The van der Waals surface area contributed by atoms with E-state index in [1.807, 2.05) is 0 Å². The first-order valence-electron chi connectivity index (χ1n) is 8.37. The highest BCUT2D eigenvalue weighted by atomic mass is 19.1. The number of amides is 2. The predicted octanol–water partition coefficient (Wildman–Crippen LogP) is 3.19. The Morgan fingerprint density at radius 1 is 1.00 bits per heavy atom. The largest absolute Gasteiger partial charge is 0.466 e. The molecule has 0 radical (unpaired) electrons. The van der Waals surface area contributed by atoms with Crippen LogP contribution in [0, 0.1) is 5.82 Å². The predicted molar refractivity (Wildman–Crippen MR) is 98.8 cm³/mol. The highest BCUT2D eigenvalue weighted by molar-refractivity contribution is 5.92. The minimum Gasteiger partial charge on any atom is -0.466 e. The van der Waals surface area contributed by atoms with E-state index < -0.39 is 35.6 Å². The third kappa shape index (κ3) is 6.90. The third-order valence-corrected chi connectivity index (χ3v) is 3.44. The molecule has 1 rings (SSSR count). The zero-order chi connectivity index (χ0) is 21.5. The van der Waals surface area contributed by atoms with E-state index in [4.69, 9.17) is 9.47 Å². The van der Waals surface area contributed by atoms with Crippen LogP contribution >= 0.6 is 0 Å². The summed E-state index contributed by atoms with van der Waals surface area (Å²) in [7, 11) is 2.31. The maximum atomic E-state index is 13.3. The number of methoxy groups -OCH3 is 2. The molecule has 0 spiro atoms. The van der Waals surface area contributed by atoms with E-state index in [0.717, 1.165) is 14.2 Å². The molecule has 28 heavy (non-hydrogen) atoms. The van der Waals surface area contributed by atoms with Crippen LogP contribution in [0.4, 0.5) is 14.0 Å². The van der Waals surface area contributed by atoms with Crippen LogP contribution < -0.4 is 10.6 Å². The lowest BCUT2D eigenvalue weighted by atomic mass is 9.97. The Kier molecular flexibility index (Phi) is 7.97. The second kappa shape index (κ2) is 9.72. The van der Waals surface area contributed by atoms with Crippen molar-refractivity contribution in [1.29, 1.82) is 0 Å². The number of allylic oxidation sites excluding steroid dienone is 1. The lowest BCUT2D eigenvalue weighted by molar-refractivity contribution is -0.136. The third-order valence-electron chi connectivity index (χ3n) is 3.44. The molecule has 0 heterocycles. The van der Waals surface area contributed by atoms with Crippen molar-refractivity contribution in [2.45, 2.75) is 39.3 Å². The highest BCUT2D eigenvalue weighted by Gasteiger charge is 2.29. The number of hydrogen-bond acceptors (Lipinski definition) is 6. The molecule has 0 aliphatic carbocycles. The molecular formula is C19H25FN2O6. The van der Waals surface area contributed by atoms with Crippen molar-refractivity contribution < 1.29 is 33.0 Å². The molecule has 0 aromatic heterocycles. The van der Waals surface area contributed by atoms with Gasteiger partial charge in [-0.25, -0.2) is 18.8 Å². The number of carbonyl (C=O) groups is 3. The molecule has 0 fully saturated rings. The van der Waals surface area contributed by atoms with Crippen LogP contribution in [0.2, 0.25) is 0 Å². The van der Waals surface area contributed by atoms with Crippen molar-refractivity contribution in [1.82, 2.24) is 10.6 Å². The van der Waals surface area contributed by atoms with E-state index in [2.05, 4.69) is 15.4 Å². The maximum absolute atomic E-state index is 13.3. The first-order valence-corrected chi connectivity index (χ1v) is 8.37. The van der Waals surface area contributed by atoms with E-state index in [9.17, 15) is 18.8 Å². The van der Waals surface area contributed by atoms with Crippen molar-refractivity contribution in [3.8, 4) is 0 Å². The summed E-state index contributed by atoms with van der Waals surface area (Å²) in [4.78, 5) is 36.3. The molecule has 8 nitrogen and oxygen atoms in total. The molecule has 1 aromatic carbocycles. The molecule has 0 aliphatic heterocycles. The van der Waals surface area contributed by atoms with E-state index in [0.29, 0.717) is 5.56 Å². The second-order valence-electron chi connectivity index (χ2n) is 6.78. The number of alkyl carbamates (subject to hydrolysis) is 2. The van der Waals surface area contributed by atoms with Gasteiger partial charge >= 0.3 is 18.2 Å². The first kappa shape index (κ1) is 22.9. The second-order valence-corrected chi connectivity index (χ2v) is 6.78. The summed E-state index contributed by atoms with van der Waals surface area (Å²) in [5, 5.41) is 4.94. The van der Waals surface area contributed by atoms with Crippen molar-refractivity contribution in [3.05, 3.63) is 46.9 Å². The number of rotatable bonds is 5. The number of benzene rings is 1. The minimum atomic E-state index is -1.07. The number of carbonyl (C=O) groups excluding carboxylic acids is 3. The first-order chi connectivity index (χ1) is 13.0.